The van der Waals surface area contributed by atoms with Crippen molar-refractivity contribution in [1.82, 2.24) is 4.84 Å². The predicted octanol–water partition coefficient (Wildman–Crippen LogP) is 0.847. The van der Waals surface area contributed by atoms with E-state index in [9.17, 15) is 4.79 Å². The van der Waals surface area contributed by atoms with Gasteiger partial charge in [0.25, 0.3) is 0 Å². The van der Waals surface area contributed by atoms with Gasteiger partial charge >= 0.3 is 5.97 Å². The van der Waals surface area contributed by atoms with Gasteiger partial charge in [-0.05, 0) is 18.2 Å². The Morgan fingerprint density at radius 3 is 2.90 bits per heavy atom. The van der Waals surface area contributed by atoms with E-state index >= 15 is 0 Å². The van der Waals surface area contributed by atoms with Gasteiger partial charge in [0.15, 0.2) is 0 Å². The molecule has 0 aliphatic rings. The number of carbonyl (C=O) groups excluding carboxylic acids is 1. The van der Waals surface area contributed by atoms with E-state index in [2.05, 4.69) is 16.2 Å². The van der Waals surface area contributed by atoms with Crippen molar-refractivity contribution in [1.29, 1.82) is 0 Å². The van der Waals surface area contributed by atoms with Crippen LogP contribution in [0.5, 0.6) is 0 Å². The number of esters is 1. The Kier molecular flexibility index (Phi) is 4.98. The maximum atomic E-state index is 10.7. The minimum Gasteiger partial charge on any atom is -0.468 e. The second-order valence-electron chi connectivity index (χ2n) is 1.71. The molecule has 0 aromatic carbocycles. The number of ether oxygens (including phenoxy) is 1. The molecule has 4 heteroatoms. The van der Waals surface area contributed by atoms with Gasteiger partial charge in [-0.1, -0.05) is 6.08 Å². The highest BCUT2D eigenvalue weighted by Crippen LogP contribution is 1.95. The van der Waals surface area contributed by atoms with E-state index in [0.29, 0.717) is 6.42 Å². The second-order valence-corrected chi connectivity index (χ2v) is 1.93. The highest BCUT2D eigenvalue weighted by atomic mass is 35.5. The molecule has 0 aromatic rings. The van der Waals surface area contributed by atoms with Crippen molar-refractivity contribution in [3.05, 3.63) is 12.7 Å². The highest BCUT2D eigenvalue weighted by molar-refractivity contribution is 6.14. The average Bonchev–Trinajstić information content (AvgIpc) is 1.99. The Hall–Kier alpha value is -0.540. The van der Waals surface area contributed by atoms with Crippen molar-refractivity contribution in [2.75, 3.05) is 7.11 Å². The first-order valence-electron chi connectivity index (χ1n) is 2.81. The summed E-state index contributed by atoms with van der Waals surface area (Å²) in [4.78, 5) is 13.0. The number of carbonyl (C=O) groups is 1. The summed E-state index contributed by atoms with van der Waals surface area (Å²) in [6.45, 7) is 3.46. The first-order valence-corrected chi connectivity index (χ1v) is 3.19. The molecule has 0 radical (unpaired) electrons. The molecule has 0 fully saturated rings. The van der Waals surface area contributed by atoms with Crippen LogP contribution in [0.2, 0.25) is 0 Å². The van der Waals surface area contributed by atoms with Gasteiger partial charge < -0.3 is 4.74 Å². The van der Waals surface area contributed by atoms with Gasteiger partial charge in [-0.3, -0.25) is 4.79 Å². The van der Waals surface area contributed by atoms with Crippen molar-refractivity contribution < 1.29 is 9.53 Å². The molecule has 0 saturated carbocycles. The summed E-state index contributed by atoms with van der Waals surface area (Å²) in [6, 6.07) is -0.482. The van der Waals surface area contributed by atoms with E-state index in [4.69, 9.17) is 11.8 Å². The summed E-state index contributed by atoms with van der Waals surface area (Å²) in [6.07, 6.45) is 2.06. The molecule has 0 aliphatic carbocycles. The fourth-order valence-electron chi connectivity index (χ4n) is 0.494. The molecule has 0 heterocycles. The summed E-state index contributed by atoms with van der Waals surface area (Å²) in [5.74, 6) is -0.380. The number of nitrogens with one attached hydrogen (secondary N) is 1. The lowest BCUT2D eigenvalue weighted by Crippen LogP contribution is -2.31. The summed E-state index contributed by atoms with van der Waals surface area (Å²) in [7, 11) is 1.31. The third kappa shape index (κ3) is 2.85. The molecule has 0 aromatic heterocycles. The first kappa shape index (κ1) is 9.46. The van der Waals surface area contributed by atoms with E-state index in [1.807, 2.05) is 0 Å². The van der Waals surface area contributed by atoms with Crippen molar-refractivity contribution in [2.45, 2.75) is 12.5 Å². The van der Waals surface area contributed by atoms with Gasteiger partial charge in [-0.15, -0.1) is 6.58 Å². The summed E-state index contributed by atoms with van der Waals surface area (Å²) < 4.78 is 4.42. The number of hydrogen-bond donors (Lipinski definition) is 1. The molecule has 3 nitrogen and oxygen atoms in total. The summed E-state index contributed by atoms with van der Waals surface area (Å²) >= 11 is 5.22. The van der Waals surface area contributed by atoms with Crippen molar-refractivity contribution >= 4 is 17.7 Å². The van der Waals surface area contributed by atoms with E-state index in [1.165, 1.54) is 7.11 Å². The van der Waals surface area contributed by atoms with Crippen LogP contribution in [-0.2, 0) is 9.53 Å². The number of rotatable bonds is 4. The van der Waals surface area contributed by atoms with Crippen molar-refractivity contribution in [3.8, 4) is 0 Å². The fourth-order valence-corrected chi connectivity index (χ4v) is 0.672. The Morgan fingerprint density at radius 1 is 2.00 bits per heavy atom. The molecule has 1 N–H and O–H groups in total. The van der Waals surface area contributed by atoms with E-state index in [-0.39, 0.29) is 5.97 Å². The minimum absolute atomic E-state index is 0.380. The smallest absolute Gasteiger partial charge is 0.324 e. The van der Waals surface area contributed by atoms with Crippen LogP contribution in [-0.4, -0.2) is 19.1 Å². The van der Waals surface area contributed by atoms with Gasteiger partial charge in [-0.2, -0.15) is 0 Å². The van der Waals surface area contributed by atoms with E-state index in [1.54, 1.807) is 6.08 Å². The molecule has 0 bridgehead atoms. The molecule has 10 heavy (non-hydrogen) atoms. The van der Waals surface area contributed by atoms with Crippen LogP contribution in [0.1, 0.15) is 6.42 Å². The van der Waals surface area contributed by atoms with Crippen LogP contribution in [0, 0.1) is 0 Å². The summed E-state index contributed by atoms with van der Waals surface area (Å²) in [5, 5.41) is 0. The Bertz CT molecular complexity index is 127. The van der Waals surface area contributed by atoms with Gasteiger partial charge in [0.05, 0.1) is 7.11 Å². The zero-order chi connectivity index (χ0) is 7.98. The van der Waals surface area contributed by atoms with Crippen LogP contribution in [0.25, 0.3) is 0 Å². The first-order chi connectivity index (χ1) is 4.76. The standard InChI is InChI=1S/C6H10ClNO2/c1-3-4-5(8-7)6(9)10-2/h3,5,8H,1,4H2,2H3/t5-/m1/s1. The lowest BCUT2D eigenvalue weighted by atomic mass is 10.2. The molecule has 0 rings (SSSR count). The van der Waals surface area contributed by atoms with Gasteiger partial charge in [0.2, 0.25) is 0 Å². The molecular formula is C6H10ClNO2. The zero-order valence-electron chi connectivity index (χ0n) is 5.76. The average molecular weight is 164 g/mol. The molecule has 0 aliphatic heterocycles. The molecule has 0 unspecified atom stereocenters. The largest absolute Gasteiger partial charge is 0.468 e. The van der Waals surface area contributed by atoms with Gasteiger partial charge in [0, 0.05) is 0 Å². The quantitative estimate of drug-likeness (QED) is 0.379. The zero-order valence-corrected chi connectivity index (χ0v) is 6.52. The Morgan fingerprint density at radius 2 is 2.60 bits per heavy atom. The predicted molar refractivity (Wildman–Crippen MR) is 39.6 cm³/mol. The normalized spacial score (nSPS) is 12.2. The topological polar surface area (TPSA) is 38.3 Å². The molecule has 0 spiro atoms. The molecular weight excluding hydrogens is 154 g/mol. The number of hydrogen-bond acceptors (Lipinski definition) is 3. The molecule has 0 amide bonds. The van der Waals surface area contributed by atoms with Crippen LogP contribution >= 0.6 is 11.8 Å². The SMILES string of the molecule is C=CC[C@@H](NCl)C(=O)OC. The summed E-state index contributed by atoms with van der Waals surface area (Å²) in [5.41, 5.74) is 0. The Balaban J connectivity index is 3.79. The van der Waals surface area contributed by atoms with Crippen molar-refractivity contribution in [3.63, 3.8) is 0 Å². The number of methoxy groups -OCH3 is 1. The lowest BCUT2D eigenvalue weighted by molar-refractivity contribution is -0.142. The van der Waals surface area contributed by atoms with Crippen LogP contribution < -0.4 is 4.84 Å². The van der Waals surface area contributed by atoms with Crippen LogP contribution in [0.15, 0.2) is 12.7 Å². The minimum atomic E-state index is -0.482. The maximum absolute atomic E-state index is 10.7. The molecule has 58 valence electrons. The van der Waals surface area contributed by atoms with E-state index in [0.717, 1.165) is 0 Å². The maximum Gasteiger partial charge on any atom is 0.324 e. The fraction of sp³-hybridized carbons (Fsp3) is 0.500. The Labute approximate surface area is 65.1 Å². The second kappa shape index (κ2) is 5.26. The van der Waals surface area contributed by atoms with Gasteiger partial charge in [0.1, 0.15) is 6.04 Å². The number of halogens is 1. The van der Waals surface area contributed by atoms with Crippen LogP contribution in [0.3, 0.4) is 0 Å². The third-order valence-electron chi connectivity index (χ3n) is 1.02. The van der Waals surface area contributed by atoms with E-state index < -0.39 is 6.04 Å². The lowest BCUT2D eigenvalue weighted by Gasteiger charge is -2.07. The molecule has 0 saturated heterocycles. The third-order valence-corrected chi connectivity index (χ3v) is 1.28. The molecule has 1 atom stereocenters. The monoisotopic (exact) mass is 163 g/mol. The van der Waals surface area contributed by atoms with Crippen LogP contribution in [0.4, 0.5) is 0 Å². The van der Waals surface area contributed by atoms with Crippen molar-refractivity contribution in [2.24, 2.45) is 0 Å². The highest BCUT2D eigenvalue weighted by Gasteiger charge is 2.14. The van der Waals surface area contributed by atoms with Gasteiger partial charge in [-0.25, -0.2) is 4.84 Å².